The summed E-state index contributed by atoms with van der Waals surface area (Å²) in [5.41, 5.74) is 2.29. The van der Waals surface area contributed by atoms with E-state index in [4.69, 9.17) is 19.9 Å². The van der Waals surface area contributed by atoms with Gasteiger partial charge in [0.2, 0.25) is 0 Å². The van der Waals surface area contributed by atoms with Crippen molar-refractivity contribution in [3.8, 4) is 34.6 Å². The molecule has 0 spiro atoms. The van der Waals surface area contributed by atoms with Gasteiger partial charge in [-0.15, -0.1) is 15.3 Å². The summed E-state index contributed by atoms with van der Waals surface area (Å²) in [5.74, 6) is 2.76. The summed E-state index contributed by atoms with van der Waals surface area (Å²) in [7, 11) is 1.88. The van der Waals surface area contributed by atoms with Gasteiger partial charge in [0.15, 0.2) is 17.5 Å². The molecule has 0 atom stereocenters. The minimum Gasteiger partial charge on any atom is -0.485 e. The van der Waals surface area contributed by atoms with Crippen LogP contribution in [0.15, 0.2) is 83.7 Å². The quantitative estimate of drug-likeness (QED) is 0.288. The molecule has 3 aromatic heterocycles. The fraction of sp³-hybridized carbons (Fsp3) is 0.200. The zero-order chi connectivity index (χ0) is 27.8. The summed E-state index contributed by atoms with van der Waals surface area (Å²) >= 11 is 0. The molecule has 0 saturated heterocycles. The molecule has 0 radical (unpaired) electrons. The Bertz CT molecular complexity index is 1890. The zero-order valence-corrected chi connectivity index (χ0v) is 22.7. The van der Waals surface area contributed by atoms with Gasteiger partial charge in [-0.25, -0.2) is 9.67 Å². The van der Waals surface area contributed by atoms with Crippen LogP contribution in [0.2, 0.25) is 0 Å². The molecule has 0 aliphatic carbocycles. The minimum atomic E-state index is -0.159. The van der Waals surface area contributed by atoms with Crippen LogP contribution in [0.4, 0.5) is 0 Å². The molecule has 200 valence electrons. The van der Waals surface area contributed by atoms with E-state index in [1.54, 1.807) is 10.7 Å². The second kappa shape index (κ2) is 10.2. The Balaban J connectivity index is 1.54. The molecule has 0 fully saturated rings. The van der Waals surface area contributed by atoms with E-state index in [1.807, 2.05) is 105 Å². The van der Waals surface area contributed by atoms with Crippen LogP contribution in [0, 0.1) is 6.92 Å². The molecule has 40 heavy (non-hydrogen) atoms. The van der Waals surface area contributed by atoms with E-state index in [0.29, 0.717) is 39.9 Å². The average Bonchev–Trinajstić information content (AvgIpc) is 3.56. The number of nitrogens with zero attached hydrogens (tertiary/aromatic N) is 8. The second-order valence-electron chi connectivity index (χ2n) is 9.80. The highest BCUT2D eigenvalue weighted by atomic mass is 16.5. The highest BCUT2D eigenvalue weighted by Crippen LogP contribution is 2.28. The maximum absolute atomic E-state index is 13.2. The summed E-state index contributed by atoms with van der Waals surface area (Å²) in [6.45, 7) is 5.97. The lowest BCUT2D eigenvalue weighted by molar-refractivity contribution is 0.294. The number of aromatic nitrogens is 8. The standard InChI is InChI=1S/C30H28N8O2/c1-19(2)37-29(39)23-16-10-9-15-22(23)26(35-37)28-31-25(18-40-24-17-11-8-12-20(24)3)34-38(28)30-33-32-27(36(30)4)21-13-6-5-7-14-21/h5-17,19H,18H2,1-4H3. The van der Waals surface area contributed by atoms with Crippen LogP contribution in [0.3, 0.4) is 0 Å². The van der Waals surface area contributed by atoms with Gasteiger partial charge in [-0.2, -0.15) is 9.78 Å². The molecule has 6 rings (SSSR count). The van der Waals surface area contributed by atoms with Gasteiger partial charge in [0, 0.05) is 18.0 Å². The number of ether oxygens (including phenoxy) is 1. The molecule has 10 heteroatoms. The molecule has 0 saturated carbocycles. The van der Waals surface area contributed by atoms with E-state index in [9.17, 15) is 4.79 Å². The van der Waals surface area contributed by atoms with Gasteiger partial charge in [-0.3, -0.25) is 9.36 Å². The zero-order valence-electron chi connectivity index (χ0n) is 22.7. The fourth-order valence-electron chi connectivity index (χ4n) is 4.63. The Morgan fingerprint density at radius 1 is 0.825 bits per heavy atom. The lowest BCUT2D eigenvalue weighted by Crippen LogP contribution is -2.26. The molecule has 0 aliphatic rings. The number of aryl methyl sites for hydroxylation is 1. The second-order valence-corrected chi connectivity index (χ2v) is 9.80. The molecule has 3 heterocycles. The highest BCUT2D eigenvalue weighted by Gasteiger charge is 2.24. The predicted octanol–water partition coefficient (Wildman–Crippen LogP) is 4.91. The van der Waals surface area contributed by atoms with E-state index >= 15 is 0 Å². The number of fused-ring (bicyclic) bond motifs is 1. The van der Waals surface area contributed by atoms with Crippen LogP contribution in [-0.2, 0) is 13.7 Å². The van der Waals surface area contributed by atoms with Crippen molar-refractivity contribution < 1.29 is 4.74 Å². The topological polar surface area (TPSA) is 106 Å². The highest BCUT2D eigenvalue weighted by molar-refractivity contribution is 5.92. The number of benzene rings is 3. The average molecular weight is 533 g/mol. The van der Waals surface area contributed by atoms with Gasteiger partial charge in [0.05, 0.1) is 11.4 Å². The number of hydrogen-bond donors (Lipinski definition) is 0. The summed E-state index contributed by atoms with van der Waals surface area (Å²) in [6.07, 6.45) is 0. The Labute approximate surface area is 230 Å². The van der Waals surface area contributed by atoms with E-state index in [2.05, 4.69) is 10.2 Å². The molecule has 6 aromatic rings. The maximum atomic E-state index is 13.2. The van der Waals surface area contributed by atoms with Crippen molar-refractivity contribution in [2.24, 2.45) is 7.05 Å². The third-order valence-electron chi connectivity index (χ3n) is 6.70. The van der Waals surface area contributed by atoms with Crippen molar-refractivity contribution in [3.63, 3.8) is 0 Å². The Kier molecular flexibility index (Phi) is 6.43. The lowest BCUT2D eigenvalue weighted by Gasteiger charge is -2.13. The van der Waals surface area contributed by atoms with Crippen molar-refractivity contribution in [2.45, 2.75) is 33.4 Å². The van der Waals surface area contributed by atoms with E-state index < -0.39 is 0 Å². The van der Waals surface area contributed by atoms with Crippen molar-refractivity contribution in [1.82, 2.24) is 39.3 Å². The predicted molar refractivity (Wildman–Crippen MR) is 152 cm³/mol. The molecular weight excluding hydrogens is 504 g/mol. The summed E-state index contributed by atoms with van der Waals surface area (Å²) in [5, 5.41) is 19.7. The number of para-hydroxylation sites is 1. The van der Waals surface area contributed by atoms with E-state index in [0.717, 1.165) is 16.9 Å². The first-order valence-corrected chi connectivity index (χ1v) is 13.0. The first-order chi connectivity index (χ1) is 19.4. The molecule has 0 unspecified atom stereocenters. The Hall–Kier alpha value is -5.12. The van der Waals surface area contributed by atoms with Crippen molar-refractivity contribution >= 4 is 10.8 Å². The summed E-state index contributed by atoms with van der Waals surface area (Å²) < 4.78 is 11.0. The summed E-state index contributed by atoms with van der Waals surface area (Å²) in [4.78, 5) is 18.1. The number of hydrogen-bond acceptors (Lipinski definition) is 7. The summed E-state index contributed by atoms with van der Waals surface area (Å²) in [6, 6.07) is 24.9. The monoisotopic (exact) mass is 532 g/mol. The van der Waals surface area contributed by atoms with Crippen LogP contribution in [0.5, 0.6) is 5.75 Å². The third kappa shape index (κ3) is 4.43. The van der Waals surface area contributed by atoms with Gasteiger partial charge in [-0.05, 0) is 38.5 Å². The third-order valence-corrected chi connectivity index (χ3v) is 6.70. The first-order valence-electron chi connectivity index (χ1n) is 13.0. The Morgan fingerprint density at radius 3 is 2.27 bits per heavy atom. The van der Waals surface area contributed by atoms with Crippen LogP contribution in [0.1, 0.15) is 31.3 Å². The van der Waals surface area contributed by atoms with E-state index in [-0.39, 0.29) is 18.2 Å². The smallest absolute Gasteiger partial charge is 0.274 e. The molecule has 0 aliphatic heterocycles. The normalized spacial score (nSPS) is 11.4. The van der Waals surface area contributed by atoms with Crippen molar-refractivity contribution in [1.29, 1.82) is 0 Å². The van der Waals surface area contributed by atoms with Gasteiger partial charge in [0.25, 0.3) is 11.5 Å². The molecule has 0 amide bonds. The van der Waals surface area contributed by atoms with Gasteiger partial charge in [-0.1, -0.05) is 66.7 Å². The SMILES string of the molecule is Cc1ccccc1OCc1nc(-c2nn(C(C)C)c(=O)c3ccccc23)n(-c2nnc(-c3ccccc3)n2C)n1. The lowest BCUT2D eigenvalue weighted by atomic mass is 10.1. The molecule has 0 N–H and O–H groups in total. The number of rotatable bonds is 7. The maximum Gasteiger partial charge on any atom is 0.274 e. The van der Waals surface area contributed by atoms with Crippen LogP contribution < -0.4 is 10.3 Å². The van der Waals surface area contributed by atoms with Gasteiger partial charge in [0.1, 0.15) is 18.1 Å². The molecule has 10 nitrogen and oxygen atoms in total. The van der Waals surface area contributed by atoms with Crippen molar-refractivity contribution in [2.75, 3.05) is 0 Å². The fourth-order valence-corrected chi connectivity index (χ4v) is 4.63. The first kappa shape index (κ1) is 25.2. The Morgan fingerprint density at radius 2 is 1.52 bits per heavy atom. The minimum absolute atomic E-state index is 0.135. The van der Waals surface area contributed by atoms with Gasteiger partial charge < -0.3 is 4.74 Å². The van der Waals surface area contributed by atoms with Gasteiger partial charge >= 0.3 is 0 Å². The van der Waals surface area contributed by atoms with Crippen LogP contribution in [-0.4, -0.2) is 39.3 Å². The molecule has 3 aromatic carbocycles. The van der Waals surface area contributed by atoms with Crippen LogP contribution in [0.25, 0.3) is 39.6 Å². The van der Waals surface area contributed by atoms with Crippen molar-refractivity contribution in [3.05, 3.63) is 101 Å². The largest absolute Gasteiger partial charge is 0.485 e. The van der Waals surface area contributed by atoms with Crippen LogP contribution >= 0.6 is 0 Å². The molecular formula is C30H28N8O2. The van der Waals surface area contributed by atoms with E-state index in [1.165, 1.54) is 4.68 Å². The molecule has 0 bridgehead atoms.